The Balaban J connectivity index is 2.47. The zero-order chi connectivity index (χ0) is 19.4. The lowest BCUT2D eigenvalue weighted by Gasteiger charge is -2.08. The van der Waals surface area contributed by atoms with Crippen LogP contribution < -0.4 is 5.32 Å². The number of ether oxygens (including phenoxy) is 1. The van der Waals surface area contributed by atoms with Gasteiger partial charge in [-0.2, -0.15) is 0 Å². The summed E-state index contributed by atoms with van der Waals surface area (Å²) in [4.78, 5) is 48.2. The first-order valence-electron chi connectivity index (χ1n) is 7.73. The highest BCUT2D eigenvalue weighted by Gasteiger charge is 2.26. The smallest absolute Gasteiger partial charge is 0.341 e. The van der Waals surface area contributed by atoms with Gasteiger partial charge in [0, 0.05) is 0 Å². The third kappa shape index (κ3) is 3.80. The van der Waals surface area contributed by atoms with E-state index in [9.17, 15) is 24.3 Å². The van der Waals surface area contributed by atoms with Crippen molar-refractivity contribution in [3.63, 3.8) is 0 Å². The van der Waals surface area contributed by atoms with Crippen LogP contribution in [0.5, 0.6) is 0 Å². The number of aromatic carboxylic acids is 1. The van der Waals surface area contributed by atoms with Crippen LogP contribution in [0.3, 0.4) is 0 Å². The van der Waals surface area contributed by atoms with E-state index in [4.69, 9.17) is 4.74 Å². The number of hydrogen-bond donors (Lipinski definition) is 2. The Kier molecular flexibility index (Phi) is 5.89. The van der Waals surface area contributed by atoms with Crippen molar-refractivity contribution in [2.45, 2.75) is 20.8 Å². The van der Waals surface area contributed by atoms with E-state index < -0.39 is 17.8 Å². The molecule has 7 nitrogen and oxygen atoms in total. The number of carbonyl (C=O) groups is 4. The van der Waals surface area contributed by atoms with Gasteiger partial charge in [-0.1, -0.05) is 12.1 Å². The number of Topliss-reactive ketones (excluding diaryl/α,β-unsaturated/α-hetero) is 1. The maximum Gasteiger partial charge on any atom is 0.341 e. The number of carbonyl (C=O) groups excluding carboxylic acids is 3. The van der Waals surface area contributed by atoms with Gasteiger partial charge in [0.1, 0.15) is 5.00 Å². The van der Waals surface area contributed by atoms with E-state index in [-0.39, 0.29) is 34.1 Å². The summed E-state index contributed by atoms with van der Waals surface area (Å²) in [6.45, 7) is 4.74. The molecule has 1 aromatic heterocycles. The largest absolute Gasteiger partial charge is 0.478 e. The van der Waals surface area contributed by atoms with E-state index in [0.29, 0.717) is 10.4 Å². The molecule has 0 bridgehead atoms. The first-order valence-corrected chi connectivity index (χ1v) is 8.54. The minimum atomic E-state index is -1.24. The SMILES string of the molecule is CCOC(=O)c1c(NC(=O)c2ccccc2C(=O)O)sc(C(C)=O)c1C. The van der Waals surface area contributed by atoms with Gasteiger partial charge in [0.25, 0.3) is 5.91 Å². The summed E-state index contributed by atoms with van der Waals surface area (Å²) in [5.74, 6) is -2.84. The van der Waals surface area contributed by atoms with Gasteiger partial charge in [-0.15, -0.1) is 11.3 Å². The molecule has 136 valence electrons. The second-order valence-corrected chi connectivity index (χ2v) is 6.36. The lowest BCUT2D eigenvalue weighted by molar-refractivity contribution is 0.0526. The molecule has 0 radical (unpaired) electrons. The lowest BCUT2D eigenvalue weighted by Crippen LogP contribution is -2.17. The van der Waals surface area contributed by atoms with E-state index in [0.717, 1.165) is 11.3 Å². The average molecular weight is 375 g/mol. The molecule has 1 aromatic carbocycles. The second-order valence-electron chi connectivity index (χ2n) is 5.34. The van der Waals surface area contributed by atoms with Crippen LogP contribution in [0.4, 0.5) is 5.00 Å². The monoisotopic (exact) mass is 375 g/mol. The van der Waals surface area contributed by atoms with E-state index in [1.165, 1.54) is 31.2 Å². The molecule has 8 heteroatoms. The summed E-state index contributed by atoms with van der Waals surface area (Å²) in [7, 11) is 0. The van der Waals surface area contributed by atoms with Crippen LogP contribution in [0.2, 0.25) is 0 Å². The van der Waals surface area contributed by atoms with Crippen molar-refractivity contribution in [1.29, 1.82) is 0 Å². The van der Waals surface area contributed by atoms with Crippen LogP contribution in [0.25, 0.3) is 0 Å². The number of benzene rings is 1. The third-order valence-corrected chi connectivity index (χ3v) is 4.88. The maximum atomic E-state index is 12.6. The van der Waals surface area contributed by atoms with Crippen LogP contribution in [0.15, 0.2) is 24.3 Å². The molecule has 1 amide bonds. The van der Waals surface area contributed by atoms with Crippen molar-refractivity contribution in [2.75, 3.05) is 11.9 Å². The highest BCUT2D eigenvalue weighted by atomic mass is 32.1. The topological polar surface area (TPSA) is 110 Å². The minimum absolute atomic E-state index is 0.0507. The fourth-order valence-corrected chi connectivity index (χ4v) is 3.51. The molecule has 0 spiro atoms. The first-order chi connectivity index (χ1) is 12.3. The molecule has 0 saturated heterocycles. The van der Waals surface area contributed by atoms with Crippen LogP contribution in [-0.2, 0) is 4.74 Å². The molecule has 0 unspecified atom stereocenters. The Morgan fingerprint density at radius 2 is 1.77 bits per heavy atom. The standard InChI is InChI=1S/C18H17NO6S/c1-4-25-18(24)13-9(2)14(10(3)20)26-16(13)19-15(21)11-7-5-6-8-12(11)17(22)23/h5-8H,4H2,1-3H3,(H,19,21)(H,22,23). The Hall–Kier alpha value is -3.00. The van der Waals surface area contributed by atoms with Gasteiger partial charge in [-0.3, -0.25) is 9.59 Å². The van der Waals surface area contributed by atoms with Crippen molar-refractivity contribution < 1.29 is 29.0 Å². The van der Waals surface area contributed by atoms with Gasteiger partial charge < -0.3 is 15.2 Å². The van der Waals surface area contributed by atoms with E-state index in [1.807, 2.05) is 0 Å². The fourth-order valence-electron chi connectivity index (χ4n) is 2.42. The van der Waals surface area contributed by atoms with Crippen molar-refractivity contribution in [2.24, 2.45) is 0 Å². The molecule has 2 aromatic rings. The minimum Gasteiger partial charge on any atom is -0.478 e. The van der Waals surface area contributed by atoms with Gasteiger partial charge in [-0.25, -0.2) is 9.59 Å². The molecule has 1 heterocycles. The molecule has 0 aliphatic heterocycles. The van der Waals surface area contributed by atoms with E-state index in [2.05, 4.69) is 5.32 Å². The van der Waals surface area contributed by atoms with Crippen LogP contribution in [0.1, 0.15) is 60.2 Å². The molecule has 2 N–H and O–H groups in total. The van der Waals surface area contributed by atoms with E-state index in [1.54, 1.807) is 13.8 Å². The predicted octanol–water partition coefficient (Wildman–Crippen LogP) is 3.39. The highest BCUT2D eigenvalue weighted by molar-refractivity contribution is 7.18. The number of carboxylic acids is 1. The van der Waals surface area contributed by atoms with Crippen molar-refractivity contribution in [3.8, 4) is 0 Å². The Morgan fingerprint density at radius 1 is 1.15 bits per heavy atom. The normalized spacial score (nSPS) is 10.3. The number of nitrogens with one attached hydrogen (secondary N) is 1. The molecule has 0 fully saturated rings. The van der Waals surface area contributed by atoms with Gasteiger partial charge >= 0.3 is 11.9 Å². The lowest BCUT2D eigenvalue weighted by atomic mass is 10.1. The predicted molar refractivity (Wildman–Crippen MR) is 96.4 cm³/mol. The molecular weight excluding hydrogens is 358 g/mol. The van der Waals surface area contributed by atoms with Crippen LogP contribution >= 0.6 is 11.3 Å². The van der Waals surface area contributed by atoms with Gasteiger partial charge in [0.15, 0.2) is 5.78 Å². The zero-order valence-electron chi connectivity index (χ0n) is 14.4. The number of ketones is 1. The van der Waals surface area contributed by atoms with Crippen molar-refractivity contribution in [1.82, 2.24) is 0 Å². The third-order valence-electron chi connectivity index (χ3n) is 3.58. The number of hydrogen-bond acceptors (Lipinski definition) is 6. The average Bonchev–Trinajstić information content (AvgIpc) is 2.91. The van der Waals surface area contributed by atoms with Crippen molar-refractivity contribution >= 4 is 40.0 Å². The molecule has 0 aliphatic carbocycles. The molecule has 2 rings (SSSR count). The Bertz CT molecular complexity index is 899. The van der Waals surface area contributed by atoms with E-state index >= 15 is 0 Å². The Morgan fingerprint density at radius 3 is 2.31 bits per heavy atom. The summed E-state index contributed by atoms with van der Waals surface area (Å²) in [5, 5.41) is 11.9. The molecule has 0 aliphatic rings. The van der Waals surface area contributed by atoms with Gasteiger partial charge in [0.05, 0.1) is 28.2 Å². The van der Waals surface area contributed by atoms with Crippen LogP contribution in [0, 0.1) is 6.92 Å². The molecular formula is C18H17NO6S. The van der Waals surface area contributed by atoms with Crippen molar-refractivity contribution in [3.05, 3.63) is 51.4 Å². The summed E-state index contributed by atoms with van der Waals surface area (Å²) in [6.07, 6.45) is 0. The number of amides is 1. The number of thiophene rings is 1. The van der Waals surface area contributed by atoms with Crippen LogP contribution in [-0.4, -0.2) is 35.3 Å². The fraction of sp³-hybridized carbons (Fsp3) is 0.222. The zero-order valence-corrected chi connectivity index (χ0v) is 15.2. The maximum absolute atomic E-state index is 12.6. The summed E-state index contributed by atoms with van der Waals surface area (Å²) >= 11 is 0.956. The quantitative estimate of drug-likeness (QED) is 0.592. The number of carboxylic acid groups (broad SMARTS) is 1. The number of rotatable bonds is 6. The molecule has 26 heavy (non-hydrogen) atoms. The number of anilines is 1. The summed E-state index contributed by atoms with van der Waals surface area (Å²) in [6, 6.07) is 5.72. The number of esters is 1. The summed E-state index contributed by atoms with van der Waals surface area (Å²) in [5.41, 5.74) is 0.305. The van der Waals surface area contributed by atoms with Gasteiger partial charge in [0.2, 0.25) is 0 Å². The Labute approximate surface area is 153 Å². The van der Waals surface area contributed by atoms with Gasteiger partial charge in [-0.05, 0) is 38.5 Å². The first kappa shape index (κ1) is 19.3. The molecule has 0 atom stereocenters. The second kappa shape index (κ2) is 7.92. The molecule has 0 saturated carbocycles. The summed E-state index contributed by atoms with van der Waals surface area (Å²) < 4.78 is 5.00. The highest BCUT2D eigenvalue weighted by Crippen LogP contribution is 2.34.